The Hall–Kier alpha value is -0.770. The van der Waals surface area contributed by atoms with Gasteiger partial charge in [0.05, 0.1) is 6.04 Å². The molecule has 0 bridgehead atoms. The first-order valence-electron chi connectivity index (χ1n) is 6.50. The highest BCUT2D eigenvalue weighted by atomic mass is 15.4. The van der Waals surface area contributed by atoms with E-state index in [9.17, 15) is 0 Å². The number of hydrazine groups is 1. The molecule has 0 heterocycles. The summed E-state index contributed by atoms with van der Waals surface area (Å²) in [5, 5.41) is 0. The number of nitrogens with one attached hydrogen (secondary N) is 1. The van der Waals surface area contributed by atoms with Crippen molar-refractivity contribution in [2.45, 2.75) is 65.0 Å². The van der Waals surface area contributed by atoms with Crippen molar-refractivity contribution in [3.63, 3.8) is 0 Å². The van der Waals surface area contributed by atoms with Crippen LogP contribution in [-0.4, -0.2) is 29.5 Å². The van der Waals surface area contributed by atoms with Crippen LogP contribution in [0, 0.1) is 0 Å². The number of nitrogens with zero attached hydrogens (tertiary/aromatic N) is 2. The molecule has 1 rings (SSSR count). The Bertz CT molecular complexity index is 221. The van der Waals surface area contributed by atoms with Gasteiger partial charge in [-0.05, 0) is 33.1 Å². The predicted octanol–water partition coefficient (Wildman–Crippen LogP) is 1.87. The van der Waals surface area contributed by atoms with Crippen LogP contribution in [0.15, 0.2) is 4.99 Å². The van der Waals surface area contributed by atoms with Crippen molar-refractivity contribution in [3.05, 3.63) is 0 Å². The Labute approximate surface area is 99.3 Å². The summed E-state index contributed by atoms with van der Waals surface area (Å²) in [5.41, 5.74) is 2.76. The van der Waals surface area contributed by atoms with Gasteiger partial charge in [0.2, 0.25) is 5.96 Å². The van der Waals surface area contributed by atoms with Crippen LogP contribution in [0.25, 0.3) is 0 Å². The number of hydrogen-bond donors (Lipinski definition) is 2. The number of hydrogen-bond acceptors (Lipinski definition) is 2. The van der Waals surface area contributed by atoms with Crippen molar-refractivity contribution in [1.29, 1.82) is 0 Å². The van der Waals surface area contributed by atoms with E-state index in [4.69, 9.17) is 5.84 Å². The summed E-state index contributed by atoms with van der Waals surface area (Å²) in [7, 11) is 0. The molecule has 0 aromatic carbocycles. The fourth-order valence-electron chi connectivity index (χ4n) is 1.71. The van der Waals surface area contributed by atoms with Crippen LogP contribution in [0.4, 0.5) is 0 Å². The summed E-state index contributed by atoms with van der Waals surface area (Å²) in [6, 6.07) is 0.962. The van der Waals surface area contributed by atoms with E-state index in [0.717, 1.165) is 12.5 Å². The molecule has 0 unspecified atom stereocenters. The zero-order valence-electron chi connectivity index (χ0n) is 10.9. The van der Waals surface area contributed by atoms with Crippen molar-refractivity contribution in [2.75, 3.05) is 6.54 Å². The van der Waals surface area contributed by atoms with Crippen molar-refractivity contribution < 1.29 is 0 Å². The van der Waals surface area contributed by atoms with Gasteiger partial charge in [-0.1, -0.05) is 19.8 Å². The molecule has 0 atom stereocenters. The highest BCUT2D eigenvalue weighted by molar-refractivity contribution is 5.80. The van der Waals surface area contributed by atoms with Crippen LogP contribution in [0.5, 0.6) is 0 Å². The van der Waals surface area contributed by atoms with Gasteiger partial charge in [-0.25, -0.2) is 10.8 Å². The van der Waals surface area contributed by atoms with Gasteiger partial charge in [-0.2, -0.15) is 0 Å². The molecule has 1 aliphatic rings. The minimum Gasteiger partial charge on any atom is -0.339 e. The van der Waals surface area contributed by atoms with Crippen LogP contribution in [0.1, 0.15) is 52.9 Å². The van der Waals surface area contributed by atoms with Gasteiger partial charge < -0.3 is 4.90 Å². The maximum absolute atomic E-state index is 5.57. The van der Waals surface area contributed by atoms with Crippen molar-refractivity contribution in [3.8, 4) is 0 Å². The van der Waals surface area contributed by atoms with Crippen molar-refractivity contribution in [2.24, 2.45) is 10.8 Å². The maximum atomic E-state index is 5.57. The molecule has 16 heavy (non-hydrogen) atoms. The molecule has 0 saturated heterocycles. The molecule has 1 aliphatic carbocycles. The average Bonchev–Trinajstić information content (AvgIpc) is 3.05. The molecule has 0 aromatic heterocycles. The van der Waals surface area contributed by atoms with E-state index in [0.29, 0.717) is 12.1 Å². The fraction of sp³-hybridized carbons (Fsp3) is 0.917. The molecule has 4 heteroatoms. The van der Waals surface area contributed by atoms with Gasteiger partial charge in [-0.3, -0.25) is 5.43 Å². The topological polar surface area (TPSA) is 53.6 Å². The Morgan fingerprint density at radius 2 is 2.12 bits per heavy atom. The van der Waals surface area contributed by atoms with E-state index in [1.165, 1.54) is 32.1 Å². The molecular weight excluding hydrogens is 200 g/mol. The lowest BCUT2D eigenvalue weighted by molar-refractivity contribution is 0.328. The fourth-order valence-corrected chi connectivity index (χ4v) is 1.71. The van der Waals surface area contributed by atoms with Crippen molar-refractivity contribution in [1.82, 2.24) is 10.3 Å². The Morgan fingerprint density at radius 1 is 1.44 bits per heavy atom. The van der Waals surface area contributed by atoms with Crippen LogP contribution in [0.3, 0.4) is 0 Å². The maximum Gasteiger partial charge on any atom is 0.208 e. The summed E-state index contributed by atoms with van der Waals surface area (Å²) < 4.78 is 0. The second-order valence-corrected chi connectivity index (χ2v) is 4.82. The summed E-state index contributed by atoms with van der Waals surface area (Å²) in [6.45, 7) is 7.64. The summed E-state index contributed by atoms with van der Waals surface area (Å²) in [5.74, 6) is 6.44. The first kappa shape index (κ1) is 13.3. The standard InChI is InChI=1S/C12H26N4/c1-4-5-6-9-16(10(2)3)12(15-13)14-11-7-8-11/h10-11H,4-9,13H2,1-3H3,(H,14,15). The van der Waals surface area contributed by atoms with Gasteiger partial charge in [0, 0.05) is 12.6 Å². The Balaban J connectivity index is 2.51. The van der Waals surface area contributed by atoms with Crippen LogP contribution >= 0.6 is 0 Å². The van der Waals surface area contributed by atoms with E-state index >= 15 is 0 Å². The SMILES string of the molecule is CCCCCN(C(=NC1CC1)NN)C(C)C. The van der Waals surface area contributed by atoms with E-state index in [1.54, 1.807) is 0 Å². The summed E-state index contributed by atoms with van der Waals surface area (Å²) in [4.78, 5) is 6.89. The largest absolute Gasteiger partial charge is 0.339 e. The lowest BCUT2D eigenvalue weighted by Gasteiger charge is -2.29. The lowest BCUT2D eigenvalue weighted by Crippen LogP contribution is -2.48. The third kappa shape index (κ3) is 4.39. The third-order valence-corrected chi connectivity index (χ3v) is 2.88. The second-order valence-electron chi connectivity index (χ2n) is 4.82. The molecule has 3 N–H and O–H groups in total. The van der Waals surface area contributed by atoms with E-state index < -0.39 is 0 Å². The van der Waals surface area contributed by atoms with Gasteiger partial charge in [0.25, 0.3) is 0 Å². The number of unbranched alkanes of at least 4 members (excludes halogenated alkanes) is 2. The molecule has 1 saturated carbocycles. The average molecular weight is 226 g/mol. The first-order valence-corrected chi connectivity index (χ1v) is 6.50. The highest BCUT2D eigenvalue weighted by Gasteiger charge is 2.23. The predicted molar refractivity (Wildman–Crippen MR) is 69.1 cm³/mol. The van der Waals surface area contributed by atoms with Crippen LogP contribution in [0.2, 0.25) is 0 Å². The monoisotopic (exact) mass is 226 g/mol. The normalized spacial score (nSPS) is 16.7. The zero-order chi connectivity index (χ0) is 12.0. The van der Waals surface area contributed by atoms with Crippen molar-refractivity contribution >= 4 is 5.96 Å². The number of guanidine groups is 1. The van der Waals surface area contributed by atoms with E-state index in [2.05, 4.69) is 36.1 Å². The van der Waals surface area contributed by atoms with Gasteiger partial charge in [-0.15, -0.1) is 0 Å². The first-order chi connectivity index (χ1) is 7.69. The molecule has 0 spiro atoms. The van der Waals surface area contributed by atoms with Crippen LogP contribution < -0.4 is 11.3 Å². The highest BCUT2D eigenvalue weighted by Crippen LogP contribution is 2.23. The molecule has 1 fully saturated rings. The molecule has 4 nitrogen and oxygen atoms in total. The van der Waals surface area contributed by atoms with Crippen LogP contribution in [-0.2, 0) is 0 Å². The number of rotatable bonds is 6. The minimum atomic E-state index is 0.449. The molecule has 0 aliphatic heterocycles. The van der Waals surface area contributed by atoms with E-state index in [-0.39, 0.29) is 0 Å². The zero-order valence-corrected chi connectivity index (χ0v) is 10.9. The number of aliphatic imine (C=N–C) groups is 1. The quantitative estimate of drug-likeness (QED) is 0.239. The minimum absolute atomic E-state index is 0.449. The molecular formula is C12H26N4. The Morgan fingerprint density at radius 3 is 2.56 bits per heavy atom. The summed E-state index contributed by atoms with van der Waals surface area (Å²) >= 11 is 0. The second kappa shape index (κ2) is 6.74. The molecule has 94 valence electrons. The molecule has 0 radical (unpaired) electrons. The van der Waals surface area contributed by atoms with Gasteiger partial charge >= 0.3 is 0 Å². The third-order valence-electron chi connectivity index (χ3n) is 2.88. The smallest absolute Gasteiger partial charge is 0.208 e. The Kier molecular flexibility index (Phi) is 5.60. The lowest BCUT2D eigenvalue weighted by atomic mass is 10.2. The van der Waals surface area contributed by atoms with E-state index in [1.807, 2.05) is 0 Å². The molecule has 0 aromatic rings. The molecule has 0 amide bonds. The van der Waals surface area contributed by atoms with Gasteiger partial charge in [0.15, 0.2) is 0 Å². The number of nitrogens with two attached hydrogens (primary N) is 1. The summed E-state index contributed by atoms with van der Waals surface area (Å²) in [6.07, 6.45) is 6.15. The van der Waals surface area contributed by atoms with Gasteiger partial charge in [0.1, 0.15) is 0 Å².